The zero-order valence-electron chi connectivity index (χ0n) is 35.3. The lowest BCUT2D eigenvalue weighted by atomic mass is 9.95. The summed E-state index contributed by atoms with van der Waals surface area (Å²) in [4.78, 5) is 47.7. The Morgan fingerprint density at radius 1 is 0.533 bits per heavy atom. The number of esters is 2. The quantitative estimate of drug-likeness (QED) is 0.0202. The third-order valence-corrected chi connectivity index (χ3v) is 10.1. The first kappa shape index (κ1) is 44.9. The van der Waals surface area contributed by atoms with E-state index in [1.54, 1.807) is 79.2 Å². The van der Waals surface area contributed by atoms with E-state index in [9.17, 15) is 14.4 Å². The van der Waals surface area contributed by atoms with Crippen molar-refractivity contribution < 1.29 is 28.6 Å². The minimum absolute atomic E-state index is 0.158. The second kappa shape index (κ2) is 24.7. The molecule has 0 spiro atoms. The molecule has 0 fully saturated rings. The van der Waals surface area contributed by atoms with Crippen LogP contribution in [0.2, 0.25) is 0 Å². The topological polar surface area (TPSA) is 104 Å². The molecule has 5 aromatic rings. The minimum atomic E-state index is -0.553. The van der Waals surface area contributed by atoms with Crippen molar-refractivity contribution in [3.8, 4) is 17.2 Å². The smallest absolute Gasteiger partial charge is 0.343 e. The van der Waals surface area contributed by atoms with Crippen LogP contribution in [0.3, 0.4) is 0 Å². The molecule has 5 aromatic carbocycles. The zero-order chi connectivity index (χ0) is 42.4. The molecule has 5 rings (SSSR count). The number of hydrogen-bond donors (Lipinski definition) is 0. The van der Waals surface area contributed by atoms with E-state index in [-0.39, 0.29) is 17.3 Å². The van der Waals surface area contributed by atoms with E-state index >= 15 is 0 Å². The number of hydrogen-bond acceptors (Lipinski definition) is 8. The van der Waals surface area contributed by atoms with Gasteiger partial charge in [-0.25, -0.2) is 9.59 Å². The molecule has 0 radical (unpaired) electrons. The van der Waals surface area contributed by atoms with Crippen molar-refractivity contribution >= 4 is 41.5 Å². The average molecular weight is 807 g/mol. The summed E-state index contributed by atoms with van der Waals surface area (Å²) < 4.78 is 17.1. The number of ketones is 1. The summed E-state index contributed by atoms with van der Waals surface area (Å²) in [5, 5.41) is 0. The zero-order valence-corrected chi connectivity index (χ0v) is 35.3. The number of benzene rings is 5. The number of carbonyl (C=O) groups excluding carboxylic acids is 3. The van der Waals surface area contributed by atoms with Gasteiger partial charge in [0, 0.05) is 30.5 Å². The molecule has 1 atom stereocenters. The SMILES string of the molecule is CCCCCCCCCOc1ccc(N=Cc2ccc(C(=O)Oc3cccc(OC(=O)c4ccc(C=Nc5ccc(C(=O)CC(C)CCCCC)cc5)cc4)c3)cc2)cc1. The highest BCUT2D eigenvalue weighted by atomic mass is 16.5. The molecule has 0 heterocycles. The molecular weight excluding hydrogens is 749 g/mol. The summed E-state index contributed by atoms with van der Waals surface area (Å²) in [6.45, 7) is 7.29. The van der Waals surface area contributed by atoms with Crippen molar-refractivity contribution in [2.45, 2.75) is 97.8 Å². The van der Waals surface area contributed by atoms with Crippen molar-refractivity contribution in [3.63, 3.8) is 0 Å². The van der Waals surface area contributed by atoms with Gasteiger partial charge in [0.2, 0.25) is 0 Å². The summed E-state index contributed by atoms with van der Waals surface area (Å²) in [6.07, 6.45) is 17.4. The van der Waals surface area contributed by atoms with E-state index in [1.807, 2.05) is 48.5 Å². The predicted molar refractivity (Wildman–Crippen MR) is 242 cm³/mol. The van der Waals surface area contributed by atoms with E-state index in [0.717, 1.165) is 54.1 Å². The third-order valence-electron chi connectivity index (χ3n) is 10.1. The highest BCUT2D eigenvalue weighted by Gasteiger charge is 2.13. The molecule has 1 unspecified atom stereocenters. The van der Waals surface area contributed by atoms with Crippen LogP contribution in [0.25, 0.3) is 0 Å². The lowest BCUT2D eigenvalue weighted by molar-refractivity contribution is 0.0732. The van der Waals surface area contributed by atoms with E-state index in [2.05, 4.69) is 30.8 Å². The summed E-state index contributed by atoms with van der Waals surface area (Å²) in [5.74, 6) is 0.758. The number of unbranched alkanes of at least 4 members (excludes halogenated alkanes) is 8. The summed E-state index contributed by atoms with van der Waals surface area (Å²) >= 11 is 0. The van der Waals surface area contributed by atoms with E-state index < -0.39 is 11.9 Å². The van der Waals surface area contributed by atoms with Crippen molar-refractivity contribution in [3.05, 3.63) is 149 Å². The van der Waals surface area contributed by atoms with Crippen molar-refractivity contribution in [1.82, 2.24) is 0 Å². The molecule has 0 aliphatic heterocycles. The van der Waals surface area contributed by atoms with Crippen molar-refractivity contribution in [2.24, 2.45) is 15.9 Å². The van der Waals surface area contributed by atoms with Crippen LogP contribution in [0.5, 0.6) is 17.2 Å². The molecule has 0 N–H and O–H groups in total. The lowest BCUT2D eigenvalue weighted by Gasteiger charge is -2.10. The van der Waals surface area contributed by atoms with Crippen LogP contribution in [0, 0.1) is 5.92 Å². The van der Waals surface area contributed by atoms with Crippen LogP contribution in [-0.4, -0.2) is 36.8 Å². The van der Waals surface area contributed by atoms with Gasteiger partial charge in [-0.1, -0.05) is 115 Å². The second-order valence-electron chi connectivity index (χ2n) is 15.3. The Hall–Kier alpha value is -6.15. The van der Waals surface area contributed by atoms with E-state index in [1.165, 1.54) is 57.4 Å². The predicted octanol–water partition coefficient (Wildman–Crippen LogP) is 13.5. The number of nitrogens with zero attached hydrogens (tertiary/aromatic N) is 2. The van der Waals surface area contributed by atoms with Gasteiger partial charge >= 0.3 is 11.9 Å². The molecule has 0 aromatic heterocycles. The van der Waals surface area contributed by atoms with E-state index in [4.69, 9.17) is 14.2 Å². The van der Waals surface area contributed by atoms with Gasteiger partial charge in [-0.15, -0.1) is 0 Å². The molecule has 60 heavy (non-hydrogen) atoms. The molecule has 0 amide bonds. The van der Waals surface area contributed by atoms with Crippen LogP contribution >= 0.6 is 0 Å². The number of ether oxygens (including phenoxy) is 3. The summed E-state index contributed by atoms with van der Waals surface area (Å²) in [7, 11) is 0. The fourth-order valence-corrected chi connectivity index (χ4v) is 6.53. The first-order valence-corrected chi connectivity index (χ1v) is 21.5. The Balaban J connectivity index is 1.05. The van der Waals surface area contributed by atoms with Crippen LogP contribution in [-0.2, 0) is 0 Å². The van der Waals surface area contributed by atoms with Crippen LogP contribution < -0.4 is 14.2 Å². The van der Waals surface area contributed by atoms with E-state index in [0.29, 0.717) is 29.0 Å². The summed E-state index contributed by atoms with van der Waals surface area (Å²) in [6, 6.07) is 35.3. The number of aliphatic imine (C=N–C) groups is 2. The maximum atomic E-state index is 13.0. The fourth-order valence-electron chi connectivity index (χ4n) is 6.53. The number of Topliss-reactive ketones (excluding diaryl/α,β-unsaturated/α-hetero) is 1. The first-order valence-electron chi connectivity index (χ1n) is 21.5. The first-order chi connectivity index (χ1) is 29.3. The van der Waals surface area contributed by atoms with Crippen molar-refractivity contribution in [2.75, 3.05) is 6.61 Å². The summed E-state index contributed by atoms with van der Waals surface area (Å²) in [5.41, 5.74) is 4.58. The number of carbonyl (C=O) groups is 3. The Kier molecular flexibility index (Phi) is 18.5. The largest absolute Gasteiger partial charge is 0.494 e. The van der Waals surface area contributed by atoms with Crippen LogP contribution in [0.4, 0.5) is 11.4 Å². The molecule has 8 heteroatoms. The number of rotatable bonds is 24. The fraction of sp³-hybridized carbons (Fsp3) is 0.327. The van der Waals surface area contributed by atoms with Crippen LogP contribution in [0.1, 0.15) is 140 Å². The Labute approximate surface area is 355 Å². The molecule has 0 aliphatic carbocycles. The molecule has 0 bridgehead atoms. The van der Waals surface area contributed by atoms with Gasteiger partial charge in [-0.3, -0.25) is 14.8 Å². The van der Waals surface area contributed by atoms with Gasteiger partial charge in [0.25, 0.3) is 0 Å². The standard InChI is InChI=1S/C52H58N2O6/c1-4-6-8-9-10-11-13-34-58-47-32-30-46(31-33-47)54-38-41-20-24-44(25-21-41)52(57)60-49-17-14-16-48(36-49)59-51(56)43-22-18-40(19-23-43)37-53-45-28-26-42(27-29-45)50(55)35-39(3)15-12-7-5-2/h14,16-33,36-39H,4-13,15,34-35H2,1-3H3. The normalized spacial score (nSPS) is 11.8. The maximum Gasteiger partial charge on any atom is 0.343 e. The minimum Gasteiger partial charge on any atom is -0.494 e. The average Bonchev–Trinajstić information content (AvgIpc) is 3.27. The van der Waals surface area contributed by atoms with Gasteiger partial charge in [0.05, 0.1) is 29.1 Å². The molecule has 0 saturated heterocycles. The maximum absolute atomic E-state index is 13.0. The van der Waals surface area contributed by atoms with Crippen LogP contribution in [0.15, 0.2) is 131 Å². The highest BCUT2D eigenvalue weighted by Crippen LogP contribution is 2.24. The highest BCUT2D eigenvalue weighted by molar-refractivity contribution is 5.97. The Bertz CT molecular complexity index is 2140. The third kappa shape index (κ3) is 15.6. The van der Waals surface area contributed by atoms with Gasteiger partial charge in [0.1, 0.15) is 17.2 Å². The Morgan fingerprint density at radius 2 is 1.00 bits per heavy atom. The van der Waals surface area contributed by atoms with Gasteiger partial charge in [-0.05, 0) is 108 Å². The van der Waals surface area contributed by atoms with Gasteiger partial charge < -0.3 is 14.2 Å². The molecule has 312 valence electrons. The van der Waals surface area contributed by atoms with Crippen molar-refractivity contribution in [1.29, 1.82) is 0 Å². The molecule has 0 aliphatic rings. The van der Waals surface area contributed by atoms with Gasteiger partial charge in [-0.2, -0.15) is 0 Å². The molecule has 0 saturated carbocycles. The van der Waals surface area contributed by atoms with Gasteiger partial charge in [0.15, 0.2) is 5.78 Å². The second-order valence-corrected chi connectivity index (χ2v) is 15.3. The monoisotopic (exact) mass is 806 g/mol. The molecular formula is C52H58N2O6. The Morgan fingerprint density at radius 3 is 1.53 bits per heavy atom. The lowest BCUT2D eigenvalue weighted by Crippen LogP contribution is -2.10. The molecule has 8 nitrogen and oxygen atoms in total.